The summed E-state index contributed by atoms with van der Waals surface area (Å²) in [5, 5.41) is 4.60. The highest BCUT2D eigenvalue weighted by Crippen LogP contribution is 2.28. The second kappa shape index (κ2) is 7.00. The fourth-order valence-corrected chi connectivity index (χ4v) is 2.80. The topological polar surface area (TPSA) is 47.4 Å². The number of anilines is 1. The summed E-state index contributed by atoms with van der Waals surface area (Å²) in [6, 6.07) is 13.7. The standard InChI is InChI=1S/C20H20FN3O2/c1-13-18(20(25)26-4)19(14-5-7-15(21)8-6-14)22-24(13)17-11-9-16(10-12-17)23(2)3/h5-12H,1-4H3. The first-order valence-corrected chi connectivity index (χ1v) is 8.14. The molecule has 1 heterocycles. The summed E-state index contributed by atoms with van der Waals surface area (Å²) >= 11 is 0. The maximum absolute atomic E-state index is 13.3. The molecular weight excluding hydrogens is 333 g/mol. The van der Waals surface area contributed by atoms with E-state index in [2.05, 4.69) is 5.10 Å². The first kappa shape index (κ1) is 17.7. The normalized spacial score (nSPS) is 10.7. The van der Waals surface area contributed by atoms with Gasteiger partial charge in [-0.1, -0.05) is 0 Å². The lowest BCUT2D eigenvalue weighted by Gasteiger charge is -2.13. The molecule has 3 aromatic rings. The molecule has 0 N–H and O–H groups in total. The van der Waals surface area contributed by atoms with Crippen LogP contribution in [-0.4, -0.2) is 37.0 Å². The number of hydrogen-bond acceptors (Lipinski definition) is 4. The molecule has 0 radical (unpaired) electrons. The molecule has 6 heteroatoms. The summed E-state index contributed by atoms with van der Waals surface area (Å²) < 4.78 is 19.9. The third kappa shape index (κ3) is 3.18. The number of hydrogen-bond donors (Lipinski definition) is 0. The van der Waals surface area contributed by atoms with E-state index < -0.39 is 5.97 Å². The van der Waals surface area contributed by atoms with Crippen molar-refractivity contribution in [1.82, 2.24) is 9.78 Å². The molecule has 0 atom stereocenters. The van der Waals surface area contributed by atoms with Gasteiger partial charge in [-0.25, -0.2) is 13.9 Å². The molecule has 0 unspecified atom stereocenters. The predicted octanol–water partition coefficient (Wildman–Crippen LogP) is 3.84. The van der Waals surface area contributed by atoms with E-state index in [1.54, 1.807) is 16.8 Å². The summed E-state index contributed by atoms with van der Waals surface area (Å²) in [7, 11) is 5.27. The first-order valence-electron chi connectivity index (χ1n) is 8.14. The molecule has 5 nitrogen and oxygen atoms in total. The van der Waals surface area contributed by atoms with Gasteiger partial charge in [-0.3, -0.25) is 0 Å². The van der Waals surface area contributed by atoms with Crippen molar-refractivity contribution in [2.24, 2.45) is 0 Å². The lowest BCUT2D eigenvalue weighted by molar-refractivity contribution is 0.0600. The van der Waals surface area contributed by atoms with Gasteiger partial charge in [0.05, 0.1) is 18.5 Å². The number of carbonyl (C=O) groups is 1. The van der Waals surface area contributed by atoms with Crippen molar-refractivity contribution >= 4 is 11.7 Å². The molecule has 0 saturated heterocycles. The van der Waals surface area contributed by atoms with E-state index in [-0.39, 0.29) is 5.82 Å². The van der Waals surface area contributed by atoms with E-state index in [1.165, 1.54) is 19.2 Å². The van der Waals surface area contributed by atoms with E-state index in [1.807, 2.05) is 50.2 Å². The Morgan fingerprint density at radius 3 is 2.23 bits per heavy atom. The van der Waals surface area contributed by atoms with Gasteiger partial charge in [0.1, 0.15) is 17.1 Å². The van der Waals surface area contributed by atoms with Crippen molar-refractivity contribution in [3.05, 3.63) is 65.6 Å². The van der Waals surface area contributed by atoms with Crippen molar-refractivity contribution < 1.29 is 13.9 Å². The minimum absolute atomic E-state index is 0.344. The zero-order valence-corrected chi connectivity index (χ0v) is 15.2. The van der Waals surface area contributed by atoms with Gasteiger partial charge in [0, 0.05) is 25.3 Å². The smallest absolute Gasteiger partial charge is 0.342 e. The van der Waals surface area contributed by atoms with Crippen LogP contribution in [0.25, 0.3) is 16.9 Å². The molecule has 0 spiro atoms. The zero-order chi connectivity index (χ0) is 18.8. The SMILES string of the molecule is COC(=O)c1c(-c2ccc(F)cc2)nn(-c2ccc(N(C)C)cc2)c1C. The van der Waals surface area contributed by atoms with E-state index in [9.17, 15) is 9.18 Å². The second-order valence-corrected chi connectivity index (χ2v) is 6.13. The van der Waals surface area contributed by atoms with Gasteiger partial charge < -0.3 is 9.64 Å². The number of rotatable bonds is 4. The van der Waals surface area contributed by atoms with E-state index >= 15 is 0 Å². The highest BCUT2D eigenvalue weighted by atomic mass is 19.1. The van der Waals surface area contributed by atoms with Gasteiger partial charge >= 0.3 is 5.97 Å². The Hall–Kier alpha value is -3.15. The molecule has 0 bridgehead atoms. The molecule has 0 aliphatic carbocycles. The van der Waals surface area contributed by atoms with Gasteiger partial charge in [0.15, 0.2) is 0 Å². The van der Waals surface area contributed by atoms with Gasteiger partial charge in [-0.2, -0.15) is 5.10 Å². The molecule has 26 heavy (non-hydrogen) atoms. The molecule has 0 saturated carbocycles. The van der Waals surface area contributed by atoms with Crippen LogP contribution in [0, 0.1) is 12.7 Å². The van der Waals surface area contributed by atoms with Crippen LogP contribution in [0.1, 0.15) is 16.1 Å². The van der Waals surface area contributed by atoms with Crippen LogP contribution >= 0.6 is 0 Å². The average molecular weight is 353 g/mol. The van der Waals surface area contributed by atoms with Crippen LogP contribution in [0.3, 0.4) is 0 Å². The summed E-state index contributed by atoms with van der Waals surface area (Å²) in [6.45, 7) is 1.81. The number of esters is 1. The molecule has 1 aromatic heterocycles. The molecule has 0 aliphatic rings. The van der Waals surface area contributed by atoms with Crippen molar-refractivity contribution in [2.45, 2.75) is 6.92 Å². The summed E-state index contributed by atoms with van der Waals surface area (Å²) in [6.07, 6.45) is 0. The van der Waals surface area contributed by atoms with Crippen LogP contribution in [0.5, 0.6) is 0 Å². The largest absolute Gasteiger partial charge is 0.465 e. The molecule has 0 amide bonds. The van der Waals surface area contributed by atoms with Crippen molar-refractivity contribution in [3.8, 4) is 16.9 Å². The lowest BCUT2D eigenvalue weighted by atomic mass is 10.1. The number of aromatic nitrogens is 2. The van der Waals surface area contributed by atoms with Crippen LogP contribution < -0.4 is 4.90 Å². The monoisotopic (exact) mass is 353 g/mol. The second-order valence-electron chi connectivity index (χ2n) is 6.13. The molecule has 3 rings (SSSR count). The Balaban J connectivity index is 2.15. The number of nitrogens with zero attached hydrogens (tertiary/aromatic N) is 3. The maximum atomic E-state index is 13.3. The van der Waals surface area contributed by atoms with E-state index in [0.29, 0.717) is 22.5 Å². The van der Waals surface area contributed by atoms with E-state index in [4.69, 9.17) is 4.74 Å². The van der Waals surface area contributed by atoms with Crippen molar-refractivity contribution in [3.63, 3.8) is 0 Å². The third-order valence-corrected chi connectivity index (χ3v) is 4.23. The van der Waals surface area contributed by atoms with Gasteiger partial charge in [0.25, 0.3) is 0 Å². The minimum atomic E-state index is -0.474. The Morgan fingerprint density at radius 2 is 1.69 bits per heavy atom. The Bertz CT molecular complexity index is 929. The summed E-state index contributed by atoms with van der Waals surface area (Å²) in [4.78, 5) is 14.3. The lowest BCUT2D eigenvalue weighted by Crippen LogP contribution is -2.09. The van der Waals surface area contributed by atoms with Gasteiger partial charge in [-0.15, -0.1) is 0 Å². The predicted molar refractivity (Wildman–Crippen MR) is 99.4 cm³/mol. The number of carbonyl (C=O) groups excluding carboxylic acids is 1. The summed E-state index contributed by atoms with van der Waals surface area (Å²) in [5.41, 5.74) is 4.03. The van der Waals surface area contributed by atoms with E-state index in [0.717, 1.165) is 11.4 Å². The van der Waals surface area contributed by atoms with Gasteiger partial charge in [-0.05, 0) is 55.5 Å². The molecule has 0 fully saturated rings. The minimum Gasteiger partial charge on any atom is -0.465 e. The summed E-state index contributed by atoms with van der Waals surface area (Å²) in [5.74, 6) is -0.818. The fraction of sp³-hybridized carbons (Fsp3) is 0.200. The zero-order valence-electron chi connectivity index (χ0n) is 15.2. The van der Waals surface area contributed by atoms with Crippen molar-refractivity contribution in [2.75, 3.05) is 26.1 Å². The molecule has 2 aromatic carbocycles. The number of ether oxygens (including phenoxy) is 1. The first-order chi connectivity index (χ1) is 12.4. The van der Waals surface area contributed by atoms with Gasteiger partial charge in [0.2, 0.25) is 0 Å². The number of benzene rings is 2. The van der Waals surface area contributed by atoms with Crippen LogP contribution in [0.15, 0.2) is 48.5 Å². The average Bonchev–Trinajstić information content (AvgIpc) is 2.99. The van der Waals surface area contributed by atoms with Crippen LogP contribution in [0.4, 0.5) is 10.1 Å². The molecule has 134 valence electrons. The highest BCUT2D eigenvalue weighted by molar-refractivity contribution is 5.97. The Morgan fingerprint density at radius 1 is 1.08 bits per heavy atom. The molecular formula is C20H20FN3O2. The number of methoxy groups -OCH3 is 1. The molecule has 0 aliphatic heterocycles. The maximum Gasteiger partial charge on any atom is 0.342 e. The highest BCUT2D eigenvalue weighted by Gasteiger charge is 2.23. The number of halogens is 1. The van der Waals surface area contributed by atoms with Crippen LogP contribution in [-0.2, 0) is 4.74 Å². The quantitative estimate of drug-likeness (QED) is 0.669. The van der Waals surface area contributed by atoms with Crippen LogP contribution in [0.2, 0.25) is 0 Å². The Kier molecular flexibility index (Phi) is 4.75. The third-order valence-electron chi connectivity index (χ3n) is 4.23. The van der Waals surface area contributed by atoms with Crippen molar-refractivity contribution in [1.29, 1.82) is 0 Å². The fourth-order valence-electron chi connectivity index (χ4n) is 2.80. The Labute approximate surface area is 151 Å².